The first kappa shape index (κ1) is 18.6. The number of rotatable bonds is 6. The number of carbonyl (C=O) groups excluding carboxylic acids is 1. The number of nitrogens with one attached hydrogen (secondary N) is 1. The highest BCUT2D eigenvalue weighted by atomic mass is 35.5. The maximum Gasteiger partial charge on any atom is 0.264 e. The fourth-order valence-electron chi connectivity index (χ4n) is 1.98. The lowest BCUT2D eigenvalue weighted by Gasteiger charge is -2.08. The quantitative estimate of drug-likeness (QED) is 0.765. The summed E-state index contributed by atoms with van der Waals surface area (Å²) in [5, 5.41) is 0.255. The van der Waals surface area contributed by atoms with Gasteiger partial charge in [-0.15, -0.1) is 0 Å². The molecule has 1 N–H and O–H groups in total. The van der Waals surface area contributed by atoms with E-state index in [0.717, 1.165) is 0 Å². The Morgan fingerprint density at radius 3 is 2.62 bits per heavy atom. The average molecular weight is 387 g/mol. The zero-order valence-corrected chi connectivity index (χ0v) is 15.1. The Morgan fingerprint density at radius 1 is 1.25 bits per heavy atom. The molecule has 0 saturated heterocycles. The number of benzene rings is 1. The van der Waals surface area contributed by atoms with Crippen LogP contribution < -0.4 is 4.72 Å². The molecular formula is C15H15ClN2O4S2. The monoisotopic (exact) mass is 386 g/mol. The van der Waals surface area contributed by atoms with Gasteiger partial charge in [-0.1, -0.05) is 29.8 Å². The van der Waals surface area contributed by atoms with Gasteiger partial charge in [0.15, 0.2) is 0 Å². The van der Waals surface area contributed by atoms with Crippen molar-refractivity contribution in [2.75, 3.05) is 6.26 Å². The topological polar surface area (TPSA) is 93.2 Å². The number of hydrogen-bond acceptors (Lipinski definition) is 5. The van der Waals surface area contributed by atoms with Crippen LogP contribution in [-0.2, 0) is 32.3 Å². The highest BCUT2D eigenvalue weighted by Crippen LogP contribution is 2.10. The molecule has 2 aromatic rings. The Kier molecular flexibility index (Phi) is 6.09. The summed E-state index contributed by atoms with van der Waals surface area (Å²) in [5.41, 5.74) is 1.30. The second-order valence-electron chi connectivity index (χ2n) is 5.10. The highest BCUT2D eigenvalue weighted by Gasteiger charge is 2.17. The summed E-state index contributed by atoms with van der Waals surface area (Å²) in [6, 6.07) is 9.37. The van der Waals surface area contributed by atoms with Gasteiger partial charge in [-0.25, -0.2) is 18.1 Å². The molecule has 0 bridgehead atoms. The molecule has 0 saturated carbocycles. The van der Waals surface area contributed by atoms with E-state index in [2.05, 4.69) is 4.98 Å². The van der Waals surface area contributed by atoms with Gasteiger partial charge in [0.05, 0.1) is 5.75 Å². The minimum absolute atomic E-state index is 0.191. The molecular weight excluding hydrogens is 372 g/mol. The molecule has 1 aromatic carbocycles. The zero-order valence-electron chi connectivity index (χ0n) is 12.7. The molecule has 6 nitrogen and oxygen atoms in total. The van der Waals surface area contributed by atoms with Gasteiger partial charge in [0.2, 0.25) is 10.0 Å². The summed E-state index contributed by atoms with van der Waals surface area (Å²) in [4.78, 5) is 15.9. The van der Waals surface area contributed by atoms with Gasteiger partial charge in [-0.2, -0.15) is 0 Å². The molecule has 0 radical (unpaired) electrons. The van der Waals surface area contributed by atoms with Crippen molar-refractivity contribution in [2.45, 2.75) is 11.5 Å². The lowest BCUT2D eigenvalue weighted by atomic mass is 10.1. The maximum absolute atomic E-state index is 12.1. The predicted octanol–water partition coefficient (Wildman–Crippen LogP) is 1.87. The molecule has 9 heteroatoms. The summed E-state index contributed by atoms with van der Waals surface area (Å²) in [5.74, 6) is -0.827. The van der Waals surface area contributed by atoms with E-state index < -0.39 is 26.7 Å². The molecule has 0 fully saturated rings. The van der Waals surface area contributed by atoms with E-state index in [1.807, 2.05) is 4.72 Å². The van der Waals surface area contributed by atoms with Gasteiger partial charge in [-0.05, 0) is 29.3 Å². The first-order chi connectivity index (χ1) is 11.2. The van der Waals surface area contributed by atoms with Crippen molar-refractivity contribution < 1.29 is 17.4 Å². The fourth-order valence-corrected chi connectivity index (χ4v) is 3.83. The van der Waals surface area contributed by atoms with Gasteiger partial charge < -0.3 is 0 Å². The third-order valence-corrected chi connectivity index (χ3v) is 5.13. The van der Waals surface area contributed by atoms with E-state index in [9.17, 15) is 17.4 Å². The first-order valence-corrected chi connectivity index (χ1v) is 10.5. The number of nitrogens with zero attached hydrogens (tertiary/aromatic N) is 1. The lowest BCUT2D eigenvalue weighted by molar-refractivity contribution is 0.0981. The predicted molar refractivity (Wildman–Crippen MR) is 93.5 cm³/mol. The van der Waals surface area contributed by atoms with Crippen LogP contribution in [0.15, 0.2) is 42.6 Å². The molecule has 1 aromatic heterocycles. The van der Waals surface area contributed by atoms with Gasteiger partial charge in [-0.3, -0.25) is 9.00 Å². The number of hydrogen-bond donors (Lipinski definition) is 1. The van der Waals surface area contributed by atoms with Crippen molar-refractivity contribution in [1.82, 2.24) is 9.71 Å². The normalized spacial score (nSPS) is 12.6. The van der Waals surface area contributed by atoms with E-state index >= 15 is 0 Å². The van der Waals surface area contributed by atoms with Crippen LogP contribution >= 0.6 is 11.6 Å². The van der Waals surface area contributed by atoms with E-state index in [1.165, 1.54) is 30.5 Å². The SMILES string of the molecule is C[S@@](=O)Cc1cccc(C(=O)NS(=O)(=O)Cc2ccc(Cl)nc2)c1. The number of amides is 1. The van der Waals surface area contributed by atoms with Crippen LogP contribution in [0.2, 0.25) is 5.15 Å². The lowest BCUT2D eigenvalue weighted by Crippen LogP contribution is -2.31. The second-order valence-corrected chi connectivity index (χ2v) is 8.64. The minimum Gasteiger partial charge on any atom is -0.268 e. The smallest absolute Gasteiger partial charge is 0.264 e. The van der Waals surface area contributed by atoms with Gasteiger partial charge >= 0.3 is 0 Å². The van der Waals surface area contributed by atoms with Crippen LogP contribution in [0.1, 0.15) is 21.5 Å². The number of halogens is 1. The molecule has 1 heterocycles. The number of sulfonamides is 1. The molecule has 0 aliphatic heterocycles. The highest BCUT2D eigenvalue weighted by molar-refractivity contribution is 7.89. The molecule has 128 valence electrons. The van der Waals surface area contributed by atoms with Crippen molar-refractivity contribution in [2.24, 2.45) is 0 Å². The molecule has 2 rings (SSSR count). The minimum atomic E-state index is -3.87. The van der Waals surface area contributed by atoms with Gasteiger partial charge in [0.25, 0.3) is 5.91 Å². The third-order valence-electron chi connectivity index (χ3n) is 2.95. The van der Waals surface area contributed by atoms with Crippen LogP contribution in [-0.4, -0.2) is 29.8 Å². The Labute approximate surface area is 147 Å². The molecule has 1 atom stereocenters. The Bertz CT molecular complexity index is 867. The van der Waals surface area contributed by atoms with Crippen LogP contribution in [0.3, 0.4) is 0 Å². The summed E-state index contributed by atoms with van der Waals surface area (Å²) in [6.07, 6.45) is 2.89. The van der Waals surface area contributed by atoms with Crippen molar-refractivity contribution in [1.29, 1.82) is 0 Å². The largest absolute Gasteiger partial charge is 0.268 e. The van der Waals surface area contributed by atoms with Crippen LogP contribution in [0.5, 0.6) is 0 Å². The summed E-state index contributed by atoms with van der Waals surface area (Å²) < 4.78 is 37.4. The fraction of sp³-hybridized carbons (Fsp3) is 0.200. The van der Waals surface area contributed by atoms with Crippen molar-refractivity contribution in [3.8, 4) is 0 Å². The summed E-state index contributed by atoms with van der Waals surface area (Å²) in [7, 11) is -4.93. The Balaban J connectivity index is 2.10. The Morgan fingerprint density at radius 2 is 2.00 bits per heavy atom. The van der Waals surface area contributed by atoms with E-state index in [-0.39, 0.29) is 16.5 Å². The van der Waals surface area contributed by atoms with Crippen molar-refractivity contribution in [3.05, 3.63) is 64.4 Å². The average Bonchev–Trinajstić information content (AvgIpc) is 2.48. The van der Waals surface area contributed by atoms with Crippen LogP contribution in [0, 0.1) is 0 Å². The van der Waals surface area contributed by atoms with Crippen LogP contribution in [0.25, 0.3) is 0 Å². The Hall–Kier alpha value is -1.77. The molecule has 0 unspecified atom stereocenters. The maximum atomic E-state index is 12.1. The molecule has 0 spiro atoms. The van der Waals surface area contributed by atoms with Crippen LogP contribution in [0.4, 0.5) is 0 Å². The molecule has 1 amide bonds. The molecule has 0 aliphatic carbocycles. The van der Waals surface area contributed by atoms with Gasteiger partial charge in [0, 0.05) is 34.6 Å². The first-order valence-electron chi connectivity index (χ1n) is 6.79. The standard InChI is InChI=1S/C15H15ClN2O4S2/c1-23(20)9-11-3-2-4-13(7-11)15(19)18-24(21,22)10-12-5-6-14(16)17-8-12/h2-8H,9-10H2,1H3,(H,18,19)/t23-/m1/s1. The number of pyridine rings is 1. The van der Waals surface area contributed by atoms with E-state index in [1.54, 1.807) is 18.4 Å². The summed E-state index contributed by atoms with van der Waals surface area (Å²) in [6.45, 7) is 0. The van der Waals surface area contributed by atoms with Crippen molar-refractivity contribution >= 4 is 38.3 Å². The summed E-state index contributed by atoms with van der Waals surface area (Å²) >= 11 is 5.65. The van der Waals surface area contributed by atoms with Crippen molar-refractivity contribution in [3.63, 3.8) is 0 Å². The number of carbonyl (C=O) groups is 1. The number of aromatic nitrogens is 1. The van der Waals surface area contributed by atoms with E-state index in [4.69, 9.17) is 11.6 Å². The van der Waals surface area contributed by atoms with Gasteiger partial charge in [0.1, 0.15) is 5.15 Å². The molecule has 24 heavy (non-hydrogen) atoms. The second kappa shape index (κ2) is 7.87. The zero-order chi connectivity index (χ0) is 17.7. The molecule has 0 aliphatic rings. The third kappa shape index (κ3) is 5.70. The van der Waals surface area contributed by atoms with E-state index in [0.29, 0.717) is 16.9 Å².